The second kappa shape index (κ2) is 6.89. The van der Waals surface area contributed by atoms with E-state index in [1.54, 1.807) is 0 Å². The Kier molecular flexibility index (Phi) is 5.18. The number of nitrogens with zero attached hydrogens (tertiary/aromatic N) is 1. The monoisotopic (exact) mass is 275 g/mol. The van der Waals surface area contributed by atoms with E-state index in [2.05, 4.69) is 26.0 Å². The summed E-state index contributed by atoms with van der Waals surface area (Å²) >= 11 is 0. The van der Waals surface area contributed by atoms with E-state index in [1.165, 1.54) is 0 Å². The van der Waals surface area contributed by atoms with Crippen molar-refractivity contribution in [3.05, 3.63) is 35.9 Å². The summed E-state index contributed by atoms with van der Waals surface area (Å²) < 4.78 is 6.01. The number of benzene rings is 1. The first-order chi connectivity index (χ1) is 9.65. The molecule has 3 nitrogen and oxygen atoms in total. The van der Waals surface area contributed by atoms with Gasteiger partial charge in [-0.15, -0.1) is 0 Å². The van der Waals surface area contributed by atoms with Gasteiger partial charge in [0.2, 0.25) is 5.91 Å². The summed E-state index contributed by atoms with van der Waals surface area (Å²) in [6.45, 7) is 7.60. The molecule has 1 aromatic carbocycles. The van der Waals surface area contributed by atoms with Crippen molar-refractivity contribution in [3.63, 3.8) is 0 Å². The lowest BCUT2D eigenvalue weighted by Crippen LogP contribution is -2.48. The summed E-state index contributed by atoms with van der Waals surface area (Å²) in [6.07, 6.45) is 1.92. The Labute approximate surface area is 121 Å². The van der Waals surface area contributed by atoms with Gasteiger partial charge in [0.15, 0.2) is 0 Å². The Morgan fingerprint density at radius 3 is 2.50 bits per heavy atom. The van der Waals surface area contributed by atoms with Gasteiger partial charge >= 0.3 is 0 Å². The van der Waals surface area contributed by atoms with Crippen LogP contribution in [0, 0.1) is 5.92 Å². The average molecular weight is 275 g/mol. The van der Waals surface area contributed by atoms with Gasteiger partial charge < -0.3 is 9.64 Å². The first-order valence-corrected chi connectivity index (χ1v) is 7.64. The van der Waals surface area contributed by atoms with E-state index in [1.807, 2.05) is 30.0 Å². The molecule has 1 fully saturated rings. The van der Waals surface area contributed by atoms with Gasteiger partial charge in [-0.25, -0.2) is 0 Å². The molecule has 1 aliphatic heterocycles. The molecule has 110 valence electrons. The van der Waals surface area contributed by atoms with E-state index >= 15 is 0 Å². The van der Waals surface area contributed by atoms with Crippen LogP contribution in [0.25, 0.3) is 0 Å². The van der Waals surface area contributed by atoms with Crippen LogP contribution in [0.15, 0.2) is 30.3 Å². The van der Waals surface area contributed by atoms with Crippen molar-refractivity contribution < 1.29 is 9.53 Å². The van der Waals surface area contributed by atoms with Gasteiger partial charge in [0.05, 0.1) is 12.6 Å². The number of hydrogen-bond donors (Lipinski definition) is 0. The molecule has 0 radical (unpaired) electrons. The highest BCUT2D eigenvalue weighted by Gasteiger charge is 2.31. The van der Waals surface area contributed by atoms with Crippen LogP contribution in [-0.2, 0) is 9.53 Å². The summed E-state index contributed by atoms with van der Waals surface area (Å²) in [5, 5.41) is 0. The van der Waals surface area contributed by atoms with Gasteiger partial charge in [0.1, 0.15) is 6.10 Å². The standard InChI is InChI=1S/C17H25NO2/c1-4-14(5-2)17(19)18-11-13(3)20-16(12-18)15-9-7-6-8-10-15/h6-10,13-14,16H,4-5,11-12H2,1-3H3. The molecule has 1 aliphatic rings. The zero-order valence-corrected chi connectivity index (χ0v) is 12.7. The van der Waals surface area contributed by atoms with Crippen LogP contribution in [0.4, 0.5) is 0 Å². The van der Waals surface area contributed by atoms with E-state index in [4.69, 9.17) is 4.74 Å². The van der Waals surface area contributed by atoms with Crippen LogP contribution in [0.3, 0.4) is 0 Å². The summed E-state index contributed by atoms with van der Waals surface area (Å²) in [5.74, 6) is 0.433. The summed E-state index contributed by atoms with van der Waals surface area (Å²) in [4.78, 5) is 14.5. The van der Waals surface area contributed by atoms with Crippen LogP contribution >= 0.6 is 0 Å². The minimum Gasteiger partial charge on any atom is -0.367 e. The van der Waals surface area contributed by atoms with Crippen molar-refractivity contribution in [1.82, 2.24) is 4.90 Å². The number of amides is 1. The molecule has 0 spiro atoms. The van der Waals surface area contributed by atoms with Gasteiger partial charge in [0, 0.05) is 12.5 Å². The highest BCUT2D eigenvalue weighted by molar-refractivity contribution is 5.79. The van der Waals surface area contributed by atoms with Crippen LogP contribution in [0.2, 0.25) is 0 Å². The second-order valence-electron chi connectivity index (χ2n) is 5.60. The fourth-order valence-electron chi connectivity index (χ4n) is 2.88. The molecule has 1 aromatic rings. The zero-order chi connectivity index (χ0) is 14.5. The molecule has 2 rings (SSSR count). The fraction of sp³-hybridized carbons (Fsp3) is 0.588. The maximum absolute atomic E-state index is 12.6. The van der Waals surface area contributed by atoms with Gasteiger partial charge in [-0.1, -0.05) is 44.2 Å². The predicted molar refractivity (Wildman–Crippen MR) is 80.4 cm³/mol. The van der Waals surface area contributed by atoms with Gasteiger partial charge in [-0.05, 0) is 25.3 Å². The highest BCUT2D eigenvalue weighted by Crippen LogP contribution is 2.26. The first-order valence-electron chi connectivity index (χ1n) is 7.64. The van der Waals surface area contributed by atoms with Gasteiger partial charge in [-0.2, -0.15) is 0 Å². The molecule has 1 saturated heterocycles. The van der Waals surface area contributed by atoms with Crippen molar-refractivity contribution in [2.45, 2.75) is 45.8 Å². The molecule has 0 aliphatic carbocycles. The van der Waals surface area contributed by atoms with Crippen molar-refractivity contribution in [2.24, 2.45) is 5.92 Å². The molecule has 20 heavy (non-hydrogen) atoms. The largest absolute Gasteiger partial charge is 0.367 e. The van der Waals surface area contributed by atoms with E-state index in [-0.39, 0.29) is 24.0 Å². The van der Waals surface area contributed by atoms with Crippen molar-refractivity contribution >= 4 is 5.91 Å². The minimum absolute atomic E-state index is 0.00161. The molecular formula is C17H25NO2. The van der Waals surface area contributed by atoms with Crippen LogP contribution in [0.1, 0.15) is 45.3 Å². The quantitative estimate of drug-likeness (QED) is 0.842. The molecule has 1 amide bonds. The third kappa shape index (κ3) is 3.40. The molecule has 1 heterocycles. The molecular weight excluding hydrogens is 250 g/mol. The van der Waals surface area contributed by atoms with Gasteiger partial charge in [-0.3, -0.25) is 4.79 Å². The lowest BCUT2D eigenvalue weighted by molar-refractivity contribution is -0.149. The molecule has 2 atom stereocenters. The molecule has 0 aromatic heterocycles. The predicted octanol–water partition coefficient (Wildman–Crippen LogP) is 3.41. The summed E-state index contributed by atoms with van der Waals surface area (Å²) in [7, 11) is 0. The number of morpholine rings is 1. The summed E-state index contributed by atoms with van der Waals surface area (Å²) in [5.41, 5.74) is 1.15. The maximum atomic E-state index is 12.6. The second-order valence-corrected chi connectivity index (χ2v) is 5.60. The highest BCUT2D eigenvalue weighted by atomic mass is 16.5. The molecule has 0 N–H and O–H groups in total. The minimum atomic E-state index is -0.00161. The van der Waals surface area contributed by atoms with E-state index in [0.717, 1.165) is 18.4 Å². The smallest absolute Gasteiger partial charge is 0.225 e. The average Bonchev–Trinajstić information content (AvgIpc) is 2.48. The fourth-order valence-corrected chi connectivity index (χ4v) is 2.88. The van der Waals surface area contributed by atoms with Crippen LogP contribution in [-0.4, -0.2) is 30.0 Å². The Hall–Kier alpha value is -1.35. The molecule has 3 heteroatoms. The maximum Gasteiger partial charge on any atom is 0.225 e. The molecule has 2 unspecified atom stereocenters. The van der Waals surface area contributed by atoms with Gasteiger partial charge in [0.25, 0.3) is 0 Å². The third-order valence-electron chi connectivity index (χ3n) is 4.08. The van der Waals surface area contributed by atoms with Crippen molar-refractivity contribution in [3.8, 4) is 0 Å². The first kappa shape index (κ1) is 15.0. The number of carbonyl (C=O) groups is 1. The lowest BCUT2D eigenvalue weighted by Gasteiger charge is -2.38. The number of ether oxygens (including phenoxy) is 1. The van der Waals surface area contributed by atoms with E-state index in [9.17, 15) is 4.79 Å². The Morgan fingerprint density at radius 2 is 1.90 bits per heavy atom. The lowest BCUT2D eigenvalue weighted by atomic mass is 9.99. The SMILES string of the molecule is CCC(CC)C(=O)N1CC(C)OC(c2ccccc2)C1. The number of hydrogen-bond acceptors (Lipinski definition) is 2. The van der Waals surface area contributed by atoms with Crippen molar-refractivity contribution in [1.29, 1.82) is 0 Å². The third-order valence-corrected chi connectivity index (χ3v) is 4.08. The normalized spacial score (nSPS) is 23.1. The van der Waals surface area contributed by atoms with Crippen LogP contribution < -0.4 is 0 Å². The van der Waals surface area contributed by atoms with E-state index in [0.29, 0.717) is 13.1 Å². The Morgan fingerprint density at radius 1 is 1.25 bits per heavy atom. The zero-order valence-electron chi connectivity index (χ0n) is 12.7. The topological polar surface area (TPSA) is 29.5 Å². The van der Waals surface area contributed by atoms with Crippen molar-refractivity contribution in [2.75, 3.05) is 13.1 Å². The molecule has 0 saturated carbocycles. The van der Waals surface area contributed by atoms with E-state index < -0.39 is 0 Å². The summed E-state index contributed by atoms with van der Waals surface area (Å²) in [6, 6.07) is 10.2. The Balaban J connectivity index is 2.10. The molecule has 0 bridgehead atoms. The number of carbonyl (C=O) groups excluding carboxylic acids is 1. The van der Waals surface area contributed by atoms with Crippen LogP contribution in [0.5, 0.6) is 0 Å². The number of rotatable bonds is 4. The Bertz CT molecular complexity index is 428.